The summed E-state index contributed by atoms with van der Waals surface area (Å²) in [4.78, 5) is 15.7. The molecule has 2 N–H and O–H groups in total. The van der Waals surface area contributed by atoms with Crippen LogP contribution < -0.4 is 5.73 Å². The summed E-state index contributed by atoms with van der Waals surface area (Å²) < 4.78 is 6.07. The molecule has 0 saturated heterocycles. The Morgan fingerprint density at radius 3 is 2.71 bits per heavy atom. The Bertz CT molecular complexity index is 402. The fourth-order valence-corrected chi connectivity index (χ4v) is 1.69. The Morgan fingerprint density at radius 2 is 2.18 bits per heavy atom. The Labute approximate surface area is 110 Å². The van der Waals surface area contributed by atoms with Crippen molar-refractivity contribution in [3.05, 3.63) is 28.5 Å². The molecule has 0 aromatic carbocycles. The van der Waals surface area contributed by atoms with Crippen molar-refractivity contribution >= 4 is 21.9 Å². The topological polar surface area (TPSA) is 65.2 Å². The lowest BCUT2D eigenvalue weighted by Crippen LogP contribution is -2.38. The average molecular weight is 301 g/mol. The van der Waals surface area contributed by atoms with Gasteiger partial charge >= 0.3 is 5.97 Å². The molecular weight excluding hydrogens is 284 g/mol. The van der Waals surface area contributed by atoms with E-state index in [0.717, 1.165) is 10.0 Å². The Hall–Kier alpha value is -0.940. The lowest BCUT2D eigenvalue weighted by molar-refractivity contribution is -0.156. The van der Waals surface area contributed by atoms with Gasteiger partial charge in [-0.15, -0.1) is 0 Å². The van der Waals surface area contributed by atoms with E-state index < -0.39 is 17.6 Å². The first-order valence-electron chi connectivity index (χ1n) is 5.36. The van der Waals surface area contributed by atoms with Gasteiger partial charge in [0.05, 0.1) is 0 Å². The molecule has 1 rings (SSSR count). The van der Waals surface area contributed by atoms with Gasteiger partial charge in [0.1, 0.15) is 11.6 Å². The second-order valence-corrected chi connectivity index (χ2v) is 5.77. The van der Waals surface area contributed by atoms with Gasteiger partial charge in [-0.25, -0.2) is 0 Å². The van der Waals surface area contributed by atoms with Gasteiger partial charge in [0.2, 0.25) is 0 Å². The lowest BCUT2D eigenvalue weighted by atomic mass is 10.1. The molecule has 1 atom stereocenters. The normalized spacial score (nSPS) is 13.2. The van der Waals surface area contributed by atoms with Crippen LogP contribution in [0.3, 0.4) is 0 Å². The second kappa shape index (κ2) is 5.60. The molecule has 0 bridgehead atoms. The SMILES string of the molecule is CC(C)(C)OC(=O)C(N)Cc1cncc(Br)c1. The zero-order chi connectivity index (χ0) is 13.1. The van der Waals surface area contributed by atoms with Crippen molar-refractivity contribution in [1.29, 1.82) is 0 Å². The molecule has 17 heavy (non-hydrogen) atoms. The van der Waals surface area contributed by atoms with Gasteiger partial charge in [0.25, 0.3) is 0 Å². The number of ether oxygens (including phenoxy) is 1. The van der Waals surface area contributed by atoms with E-state index in [4.69, 9.17) is 10.5 Å². The van der Waals surface area contributed by atoms with Gasteiger partial charge in [0, 0.05) is 16.9 Å². The quantitative estimate of drug-likeness (QED) is 0.868. The number of halogens is 1. The van der Waals surface area contributed by atoms with Crippen molar-refractivity contribution in [2.75, 3.05) is 0 Å². The highest BCUT2D eigenvalue weighted by atomic mass is 79.9. The summed E-state index contributed by atoms with van der Waals surface area (Å²) in [5.74, 6) is -0.391. The summed E-state index contributed by atoms with van der Waals surface area (Å²) in [5.41, 5.74) is 6.18. The van der Waals surface area contributed by atoms with Gasteiger partial charge in [-0.05, 0) is 54.8 Å². The monoisotopic (exact) mass is 300 g/mol. The number of nitrogens with zero attached hydrogens (tertiary/aromatic N) is 1. The van der Waals surface area contributed by atoms with E-state index in [2.05, 4.69) is 20.9 Å². The second-order valence-electron chi connectivity index (χ2n) is 4.86. The highest BCUT2D eigenvalue weighted by molar-refractivity contribution is 9.10. The van der Waals surface area contributed by atoms with E-state index in [9.17, 15) is 4.79 Å². The molecule has 4 nitrogen and oxygen atoms in total. The number of hydrogen-bond donors (Lipinski definition) is 1. The number of aromatic nitrogens is 1. The number of hydrogen-bond acceptors (Lipinski definition) is 4. The molecule has 0 aliphatic rings. The third-order valence-electron chi connectivity index (χ3n) is 1.93. The summed E-state index contributed by atoms with van der Waals surface area (Å²) in [5, 5.41) is 0. The van der Waals surface area contributed by atoms with Crippen LogP contribution in [0.25, 0.3) is 0 Å². The van der Waals surface area contributed by atoms with Crippen molar-refractivity contribution in [3.8, 4) is 0 Å². The maximum Gasteiger partial charge on any atom is 0.323 e. The first-order valence-corrected chi connectivity index (χ1v) is 6.15. The first-order chi connectivity index (χ1) is 7.78. The summed E-state index contributed by atoms with van der Waals surface area (Å²) in [6, 6.07) is 1.22. The molecule has 94 valence electrons. The van der Waals surface area contributed by atoms with Gasteiger partial charge in [-0.2, -0.15) is 0 Å². The van der Waals surface area contributed by atoms with Crippen LogP contribution in [0.5, 0.6) is 0 Å². The van der Waals surface area contributed by atoms with E-state index in [-0.39, 0.29) is 0 Å². The van der Waals surface area contributed by atoms with Crippen LogP contribution in [0, 0.1) is 0 Å². The van der Waals surface area contributed by atoms with E-state index in [0.29, 0.717) is 6.42 Å². The fourth-order valence-electron chi connectivity index (χ4n) is 1.28. The van der Waals surface area contributed by atoms with Crippen molar-refractivity contribution < 1.29 is 9.53 Å². The molecule has 1 aromatic heterocycles. The molecule has 1 aromatic rings. The molecule has 0 radical (unpaired) electrons. The van der Waals surface area contributed by atoms with Crippen LogP contribution in [0.1, 0.15) is 26.3 Å². The van der Waals surface area contributed by atoms with E-state index in [1.807, 2.05) is 26.8 Å². The Kier molecular flexibility index (Phi) is 4.65. The van der Waals surface area contributed by atoms with Gasteiger partial charge in [-0.3, -0.25) is 9.78 Å². The van der Waals surface area contributed by atoms with Gasteiger partial charge in [-0.1, -0.05) is 0 Å². The van der Waals surface area contributed by atoms with Crippen LogP contribution in [-0.2, 0) is 16.0 Å². The van der Waals surface area contributed by atoms with E-state index >= 15 is 0 Å². The number of carbonyl (C=O) groups is 1. The number of rotatable bonds is 3. The van der Waals surface area contributed by atoms with Crippen molar-refractivity contribution in [3.63, 3.8) is 0 Å². The van der Waals surface area contributed by atoms with Crippen molar-refractivity contribution in [2.45, 2.75) is 38.8 Å². The Morgan fingerprint density at radius 1 is 1.53 bits per heavy atom. The van der Waals surface area contributed by atoms with Crippen molar-refractivity contribution in [2.24, 2.45) is 5.73 Å². The summed E-state index contributed by atoms with van der Waals surface area (Å²) >= 11 is 3.32. The maximum atomic E-state index is 11.7. The number of esters is 1. The molecule has 0 fully saturated rings. The minimum absolute atomic E-state index is 0.391. The third kappa shape index (κ3) is 5.28. The van der Waals surface area contributed by atoms with E-state index in [1.54, 1.807) is 12.4 Å². The minimum atomic E-state index is -0.662. The molecule has 1 heterocycles. The molecule has 0 amide bonds. The number of pyridine rings is 1. The fraction of sp³-hybridized carbons (Fsp3) is 0.500. The predicted octanol–water partition coefficient (Wildman–Crippen LogP) is 2.06. The van der Waals surface area contributed by atoms with Crippen LogP contribution in [0.15, 0.2) is 22.9 Å². The zero-order valence-electron chi connectivity index (χ0n) is 10.2. The summed E-state index contributed by atoms with van der Waals surface area (Å²) in [7, 11) is 0. The molecule has 0 spiro atoms. The molecule has 5 heteroatoms. The molecular formula is C12H17BrN2O2. The third-order valence-corrected chi connectivity index (χ3v) is 2.36. The first kappa shape index (κ1) is 14.1. The van der Waals surface area contributed by atoms with Gasteiger partial charge < -0.3 is 10.5 Å². The largest absolute Gasteiger partial charge is 0.459 e. The highest BCUT2D eigenvalue weighted by Crippen LogP contribution is 2.13. The molecule has 0 saturated carbocycles. The van der Waals surface area contributed by atoms with Gasteiger partial charge in [0.15, 0.2) is 0 Å². The number of nitrogens with two attached hydrogens (primary N) is 1. The van der Waals surface area contributed by atoms with Crippen LogP contribution in [-0.4, -0.2) is 22.6 Å². The molecule has 0 aliphatic carbocycles. The van der Waals surface area contributed by atoms with Crippen LogP contribution in [0.2, 0.25) is 0 Å². The van der Waals surface area contributed by atoms with Crippen LogP contribution in [0.4, 0.5) is 0 Å². The van der Waals surface area contributed by atoms with E-state index in [1.165, 1.54) is 0 Å². The summed E-state index contributed by atoms with van der Waals surface area (Å²) in [6.07, 6.45) is 3.79. The maximum absolute atomic E-state index is 11.7. The summed E-state index contributed by atoms with van der Waals surface area (Å²) in [6.45, 7) is 5.45. The number of carbonyl (C=O) groups excluding carboxylic acids is 1. The highest BCUT2D eigenvalue weighted by Gasteiger charge is 2.22. The molecule has 0 aliphatic heterocycles. The average Bonchev–Trinajstić information content (AvgIpc) is 2.14. The predicted molar refractivity (Wildman–Crippen MR) is 69.5 cm³/mol. The molecule has 1 unspecified atom stereocenters. The zero-order valence-corrected chi connectivity index (χ0v) is 11.8. The Balaban J connectivity index is 2.60. The van der Waals surface area contributed by atoms with Crippen LogP contribution >= 0.6 is 15.9 Å². The lowest BCUT2D eigenvalue weighted by Gasteiger charge is -2.22. The standard InChI is InChI=1S/C12H17BrN2O2/c1-12(2,3)17-11(16)10(14)5-8-4-9(13)7-15-6-8/h4,6-7,10H,5,14H2,1-3H3. The minimum Gasteiger partial charge on any atom is -0.459 e. The van der Waals surface area contributed by atoms with Crippen molar-refractivity contribution in [1.82, 2.24) is 4.98 Å². The smallest absolute Gasteiger partial charge is 0.323 e.